The summed E-state index contributed by atoms with van der Waals surface area (Å²) in [4.78, 5) is 7.12. The monoisotopic (exact) mass is 366 g/mol. The molecule has 0 atom stereocenters. The van der Waals surface area contributed by atoms with Gasteiger partial charge in [0.25, 0.3) is 0 Å². The van der Waals surface area contributed by atoms with E-state index < -0.39 is 0 Å². The summed E-state index contributed by atoms with van der Waals surface area (Å²) in [5.41, 5.74) is 2.47. The lowest BCUT2D eigenvalue weighted by molar-refractivity contribution is 0.00199. The summed E-state index contributed by atoms with van der Waals surface area (Å²) in [5.74, 6) is 0. The average molecular weight is 367 g/mol. The van der Waals surface area contributed by atoms with Gasteiger partial charge in [0.1, 0.15) is 10.6 Å². The smallest absolute Gasteiger partial charge is 0.129 e. The number of nitrogens with zero attached hydrogens (tertiary/aromatic N) is 1. The number of hydrogen-bond acceptors (Lipinski definition) is 4. The zero-order valence-corrected chi connectivity index (χ0v) is 15.9. The second-order valence-electron chi connectivity index (χ2n) is 6.06. The highest BCUT2D eigenvalue weighted by Crippen LogP contribution is 2.22. The van der Waals surface area contributed by atoms with Gasteiger partial charge >= 0.3 is 0 Å². The van der Waals surface area contributed by atoms with Crippen molar-refractivity contribution in [2.75, 3.05) is 5.32 Å². The Morgan fingerprint density at radius 2 is 2.09 bits per heavy atom. The van der Waals surface area contributed by atoms with Crippen LogP contribution in [0.1, 0.15) is 36.8 Å². The molecule has 0 amide bonds. The number of nitrogens with one attached hydrogen (secondary N) is 1. The third-order valence-electron chi connectivity index (χ3n) is 2.84. The standard InChI is InChI=1S/C17H19ClN2OS2/c1-11-7-8-23-15(11)16(22)20-13-5-6-14(18)12(9-13)10-19-21-17(2,3)4/h5-10H,1-4H3,(H,20,22)/b19-10-. The number of benzene rings is 1. The van der Waals surface area contributed by atoms with Crippen molar-refractivity contribution < 1.29 is 4.84 Å². The van der Waals surface area contributed by atoms with Crippen molar-refractivity contribution in [2.45, 2.75) is 33.3 Å². The topological polar surface area (TPSA) is 33.6 Å². The van der Waals surface area contributed by atoms with Crippen LogP contribution < -0.4 is 5.32 Å². The fourth-order valence-corrected chi connectivity index (χ4v) is 3.16. The van der Waals surface area contributed by atoms with Crippen LogP contribution in [0.15, 0.2) is 34.8 Å². The van der Waals surface area contributed by atoms with Gasteiger partial charge in [-0.05, 0) is 62.9 Å². The molecule has 3 nitrogen and oxygen atoms in total. The van der Waals surface area contributed by atoms with Crippen LogP contribution in [0.5, 0.6) is 0 Å². The van der Waals surface area contributed by atoms with Gasteiger partial charge in [0.2, 0.25) is 0 Å². The number of anilines is 1. The summed E-state index contributed by atoms with van der Waals surface area (Å²) in [7, 11) is 0. The lowest BCUT2D eigenvalue weighted by Crippen LogP contribution is -2.15. The number of rotatable bonds is 4. The minimum absolute atomic E-state index is 0.336. The lowest BCUT2D eigenvalue weighted by atomic mass is 10.2. The van der Waals surface area contributed by atoms with E-state index in [0.29, 0.717) is 10.0 Å². The molecule has 2 rings (SSSR count). The molecule has 2 aromatic rings. The van der Waals surface area contributed by atoms with Gasteiger partial charge in [-0.3, -0.25) is 0 Å². The lowest BCUT2D eigenvalue weighted by Gasteiger charge is -2.15. The molecule has 0 aliphatic rings. The summed E-state index contributed by atoms with van der Waals surface area (Å²) in [6.07, 6.45) is 1.61. The molecule has 0 saturated heterocycles. The van der Waals surface area contributed by atoms with Gasteiger partial charge < -0.3 is 10.2 Å². The molecular formula is C17H19ClN2OS2. The Balaban J connectivity index is 2.14. The summed E-state index contributed by atoms with van der Waals surface area (Å²) in [5, 5.41) is 9.87. The van der Waals surface area contributed by atoms with E-state index in [0.717, 1.165) is 16.1 Å². The summed E-state index contributed by atoms with van der Waals surface area (Å²) < 4.78 is 0. The van der Waals surface area contributed by atoms with Gasteiger partial charge in [0.05, 0.1) is 11.1 Å². The predicted molar refractivity (Wildman–Crippen MR) is 104 cm³/mol. The second-order valence-corrected chi connectivity index (χ2v) is 7.79. The largest absolute Gasteiger partial charge is 0.390 e. The van der Waals surface area contributed by atoms with Crippen molar-refractivity contribution in [3.8, 4) is 0 Å². The maximum absolute atomic E-state index is 6.20. The summed E-state index contributed by atoms with van der Waals surface area (Å²) in [6, 6.07) is 7.65. The van der Waals surface area contributed by atoms with Crippen molar-refractivity contribution in [1.82, 2.24) is 0 Å². The quantitative estimate of drug-likeness (QED) is 0.431. The van der Waals surface area contributed by atoms with E-state index in [4.69, 9.17) is 28.7 Å². The predicted octanol–water partition coefficient (Wildman–Crippen LogP) is 5.65. The van der Waals surface area contributed by atoms with Gasteiger partial charge in [-0.15, -0.1) is 11.3 Å². The van der Waals surface area contributed by atoms with E-state index in [-0.39, 0.29) is 5.60 Å². The van der Waals surface area contributed by atoms with E-state index in [1.165, 1.54) is 5.56 Å². The molecule has 6 heteroatoms. The van der Waals surface area contributed by atoms with E-state index in [9.17, 15) is 0 Å². The molecule has 0 saturated carbocycles. The van der Waals surface area contributed by atoms with Gasteiger partial charge in [0, 0.05) is 16.3 Å². The van der Waals surface area contributed by atoms with E-state index in [1.54, 1.807) is 17.6 Å². The molecule has 1 heterocycles. The molecule has 1 aromatic heterocycles. The molecule has 0 aliphatic heterocycles. The molecule has 0 unspecified atom stereocenters. The summed E-state index contributed by atoms with van der Waals surface area (Å²) in [6.45, 7) is 7.85. The molecule has 1 N–H and O–H groups in total. The Bertz CT molecular complexity index is 732. The number of aryl methyl sites for hydroxylation is 1. The van der Waals surface area contributed by atoms with E-state index >= 15 is 0 Å². The van der Waals surface area contributed by atoms with Crippen LogP contribution in [0.3, 0.4) is 0 Å². The average Bonchev–Trinajstić information content (AvgIpc) is 2.87. The number of oxime groups is 1. The minimum Gasteiger partial charge on any atom is -0.390 e. The Kier molecular flexibility index (Phi) is 5.79. The van der Waals surface area contributed by atoms with E-state index in [2.05, 4.69) is 16.5 Å². The first kappa shape index (κ1) is 17.9. The Hall–Kier alpha value is -1.43. The third kappa shape index (κ3) is 5.30. The number of thiocarbonyl (C=S) groups is 1. The van der Waals surface area contributed by atoms with Crippen molar-refractivity contribution in [1.29, 1.82) is 0 Å². The fraction of sp³-hybridized carbons (Fsp3) is 0.294. The number of halogens is 1. The molecule has 122 valence electrons. The second kappa shape index (κ2) is 7.43. The molecule has 0 aliphatic carbocycles. The van der Waals surface area contributed by atoms with Gasteiger partial charge in [-0.2, -0.15) is 0 Å². The fourth-order valence-electron chi connectivity index (χ4n) is 1.75. The first-order valence-electron chi connectivity index (χ1n) is 7.13. The zero-order chi connectivity index (χ0) is 17.0. The Morgan fingerprint density at radius 3 is 2.70 bits per heavy atom. The maximum Gasteiger partial charge on any atom is 0.129 e. The van der Waals surface area contributed by atoms with Gasteiger partial charge in [0.15, 0.2) is 0 Å². The Morgan fingerprint density at radius 1 is 1.35 bits per heavy atom. The number of hydrogen-bond donors (Lipinski definition) is 1. The molecular weight excluding hydrogens is 348 g/mol. The van der Waals surface area contributed by atoms with Crippen molar-refractivity contribution in [3.05, 3.63) is 50.7 Å². The minimum atomic E-state index is -0.336. The molecule has 0 fully saturated rings. The van der Waals surface area contributed by atoms with Crippen LogP contribution in [-0.4, -0.2) is 16.8 Å². The highest BCUT2D eigenvalue weighted by Gasteiger charge is 2.10. The van der Waals surface area contributed by atoms with Crippen LogP contribution in [0.4, 0.5) is 5.69 Å². The highest BCUT2D eigenvalue weighted by molar-refractivity contribution is 7.81. The van der Waals surface area contributed by atoms with E-state index in [1.807, 2.05) is 51.3 Å². The van der Waals surface area contributed by atoms with Gasteiger partial charge in [-0.1, -0.05) is 29.0 Å². The zero-order valence-electron chi connectivity index (χ0n) is 13.5. The Labute approximate surface area is 151 Å². The van der Waals surface area contributed by atoms with Crippen LogP contribution in [0, 0.1) is 6.92 Å². The molecule has 0 radical (unpaired) electrons. The normalized spacial score (nSPS) is 11.7. The third-order valence-corrected chi connectivity index (χ3v) is 4.65. The van der Waals surface area contributed by atoms with Crippen LogP contribution in [0.25, 0.3) is 0 Å². The molecule has 1 aromatic carbocycles. The van der Waals surface area contributed by atoms with Crippen LogP contribution in [-0.2, 0) is 4.84 Å². The van der Waals surface area contributed by atoms with Crippen molar-refractivity contribution in [3.63, 3.8) is 0 Å². The van der Waals surface area contributed by atoms with Crippen molar-refractivity contribution in [2.24, 2.45) is 5.16 Å². The molecule has 23 heavy (non-hydrogen) atoms. The molecule has 0 bridgehead atoms. The molecule has 0 spiro atoms. The first-order valence-corrected chi connectivity index (χ1v) is 8.79. The number of thiophene rings is 1. The summed E-state index contributed by atoms with van der Waals surface area (Å²) >= 11 is 13.3. The van der Waals surface area contributed by atoms with Crippen LogP contribution >= 0.6 is 35.2 Å². The maximum atomic E-state index is 6.20. The van der Waals surface area contributed by atoms with Gasteiger partial charge in [-0.25, -0.2) is 0 Å². The van der Waals surface area contributed by atoms with Crippen LogP contribution in [0.2, 0.25) is 5.02 Å². The highest BCUT2D eigenvalue weighted by atomic mass is 35.5. The SMILES string of the molecule is Cc1ccsc1C(=S)Nc1ccc(Cl)c(/C=N\OC(C)(C)C)c1. The van der Waals surface area contributed by atoms with Crippen molar-refractivity contribution >= 4 is 52.0 Å². The first-order chi connectivity index (χ1) is 10.8.